The average molecular weight is 268 g/mol. The Morgan fingerprint density at radius 3 is 2.45 bits per heavy atom. The van der Waals surface area contributed by atoms with Crippen molar-refractivity contribution in [3.63, 3.8) is 0 Å². The molecule has 0 saturated heterocycles. The highest BCUT2D eigenvalue weighted by molar-refractivity contribution is 6.27. The summed E-state index contributed by atoms with van der Waals surface area (Å²) in [4.78, 5) is 12.0. The molecule has 2 aromatic carbocycles. The Morgan fingerprint density at radius 1 is 1.05 bits per heavy atom. The summed E-state index contributed by atoms with van der Waals surface area (Å²) in [5.74, 6) is -0.738. The summed E-state index contributed by atoms with van der Waals surface area (Å²) in [6.07, 6.45) is 0. The maximum absolute atomic E-state index is 13.9. The molecule has 0 radical (unpaired) electrons. The summed E-state index contributed by atoms with van der Waals surface area (Å²) in [6, 6.07) is 14.0. The van der Waals surface area contributed by atoms with Crippen molar-refractivity contribution in [2.75, 3.05) is 6.61 Å². The fourth-order valence-electron chi connectivity index (χ4n) is 2.34. The number of benzene rings is 2. The average Bonchev–Trinajstić information content (AvgIpc) is 2.82. The summed E-state index contributed by atoms with van der Waals surface area (Å²) < 4.78 is 19.0. The minimum absolute atomic E-state index is 0.114. The number of ether oxygens (including phenoxy) is 1. The van der Waals surface area contributed by atoms with Crippen LogP contribution in [0.15, 0.2) is 48.5 Å². The first-order valence-electron chi connectivity index (χ1n) is 6.39. The van der Waals surface area contributed by atoms with Crippen molar-refractivity contribution in [2.45, 2.75) is 6.92 Å². The minimum atomic E-state index is -0.396. The summed E-state index contributed by atoms with van der Waals surface area (Å²) in [6.45, 7) is 2.09. The molecule has 20 heavy (non-hydrogen) atoms. The van der Waals surface area contributed by atoms with Gasteiger partial charge < -0.3 is 4.74 Å². The molecule has 0 unspecified atom stereocenters. The molecule has 0 spiro atoms. The third-order valence-corrected chi connectivity index (χ3v) is 3.39. The van der Waals surface area contributed by atoms with Gasteiger partial charge in [0.25, 0.3) is 0 Å². The highest BCUT2D eigenvalue weighted by atomic mass is 19.1. The van der Waals surface area contributed by atoms with Crippen LogP contribution < -0.4 is 0 Å². The number of hydrogen-bond acceptors (Lipinski definition) is 2. The number of carbonyl (C=O) groups is 1. The monoisotopic (exact) mass is 268 g/mol. The highest BCUT2D eigenvalue weighted by Gasteiger charge is 2.28. The van der Waals surface area contributed by atoms with Gasteiger partial charge in [0.1, 0.15) is 12.4 Å². The van der Waals surface area contributed by atoms with E-state index in [0.29, 0.717) is 16.7 Å². The molecule has 0 saturated carbocycles. The molecule has 0 fully saturated rings. The normalized spacial score (nSPS) is 14.6. The van der Waals surface area contributed by atoms with Gasteiger partial charge in [0.2, 0.25) is 0 Å². The second-order valence-corrected chi connectivity index (χ2v) is 4.78. The van der Waals surface area contributed by atoms with Crippen molar-refractivity contribution in [2.24, 2.45) is 0 Å². The lowest BCUT2D eigenvalue weighted by molar-refractivity contribution is -0.133. The molecule has 3 heteroatoms. The summed E-state index contributed by atoms with van der Waals surface area (Å²) >= 11 is 0. The van der Waals surface area contributed by atoms with Crippen molar-refractivity contribution < 1.29 is 13.9 Å². The van der Waals surface area contributed by atoms with Gasteiger partial charge in [0, 0.05) is 11.1 Å². The second-order valence-electron chi connectivity index (χ2n) is 4.78. The Labute approximate surface area is 116 Å². The van der Waals surface area contributed by atoms with Gasteiger partial charge in [-0.25, -0.2) is 9.18 Å². The molecule has 0 aromatic heterocycles. The van der Waals surface area contributed by atoms with Crippen LogP contribution >= 0.6 is 0 Å². The first-order chi connectivity index (χ1) is 9.66. The van der Waals surface area contributed by atoms with Crippen LogP contribution in [0.3, 0.4) is 0 Å². The van der Waals surface area contributed by atoms with E-state index in [1.165, 1.54) is 6.07 Å². The molecule has 2 nitrogen and oxygen atoms in total. The van der Waals surface area contributed by atoms with Crippen LogP contribution in [0.25, 0.3) is 11.1 Å². The predicted molar refractivity (Wildman–Crippen MR) is 75.4 cm³/mol. The van der Waals surface area contributed by atoms with Crippen LogP contribution in [0, 0.1) is 12.7 Å². The Balaban J connectivity index is 2.18. The molecule has 3 rings (SSSR count). The van der Waals surface area contributed by atoms with E-state index in [0.717, 1.165) is 11.1 Å². The van der Waals surface area contributed by atoms with E-state index in [4.69, 9.17) is 4.74 Å². The third kappa shape index (κ3) is 2.11. The Kier molecular flexibility index (Phi) is 3.11. The molecule has 0 atom stereocenters. The van der Waals surface area contributed by atoms with Crippen LogP contribution in [0.4, 0.5) is 4.39 Å². The van der Waals surface area contributed by atoms with Crippen molar-refractivity contribution >= 4 is 17.1 Å². The molecular weight excluding hydrogens is 255 g/mol. The van der Waals surface area contributed by atoms with E-state index < -0.39 is 5.97 Å². The topological polar surface area (TPSA) is 26.3 Å². The zero-order valence-corrected chi connectivity index (χ0v) is 11.0. The van der Waals surface area contributed by atoms with E-state index in [2.05, 4.69) is 0 Å². The second kappa shape index (κ2) is 4.93. The van der Waals surface area contributed by atoms with Crippen molar-refractivity contribution in [1.29, 1.82) is 0 Å². The molecule has 2 aromatic rings. The Bertz CT molecular complexity index is 699. The quantitative estimate of drug-likeness (QED) is 0.778. The first-order valence-corrected chi connectivity index (χ1v) is 6.39. The van der Waals surface area contributed by atoms with Gasteiger partial charge in [-0.2, -0.15) is 0 Å². The lowest BCUT2D eigenvalue weighted by atomic mass is 9.96. The fourth-order valence-corrected chi connectivity index (χ4v) is 2.34. The number of hydrogen-bond donors (Lipinski definition) is 0. The Morgan fingerprint density at radius 2 is 1.75 bits per heavy atom. The molecule has 1 heterocycles. The molecule has 0 amide bonds. The van der Waals surface area contributed by atoms with E-state index in [1.807, 2.05) is 31.2 Å². The lowest BCUT2D eigenvalue weighted by Crippen LogP contribution is -1.98. The maximum atomic E-state index is 13.9. The number of esters is 1. The van der Waals surface area contributed by atoms with Crippen molar-refractivity contribution in [3.8, 4) is 0 Å². The van der Waals surface area contributed by atoms with Gasteiger partial charge in [-0.15, -0.1) is 0 Å². The van der Waals surface area contributed by atoms with Crippen molar-refractivity contribution in [3.05, 3.63) is 71.0 Å². The standard InChI is InChI=1S/C17H13FO2/c1-11-6-8-12(9-7-11)16-14(10-20-17(16)19)13-4-2-3-5-15(13)18/h2-9H,10H2,1H3. The number of rotatable bonds is 2. The zero-order chi connectivity index (χ0) is 14.1. The lowest BCUT2D eigenvalue weighted by Gasteiger charge is -2.06. The number of carbonyl (C=O) groups excluding carboxylic acids is 1. The summed E-state index contributed by atoms with van der Waals surface area (Å²) in [5, 5.41) is 0. The van der Waals surface area contributed by atoms with Crippen LogP contribution in [0.2, 0.25) is 0 Å². The van der Waals surface area contributed by atoms with Gasteiger partial charge >= 0.3 is 5.97 Å². The molecule has 0 N–H and O–H groups in total. The summed E-state index contributed by atoms with van der Waals surface area (Å²) in [5.41, 5.74) is 3.35. The smallest absolute Gasteiger partial charge is 0.339 e. The van der Waals surface area contributed by atoms with E-state index in [1.54, 1.807) is 18.2 Å². The number of aryl methyl sites for hydroxylation is 1. The zero-order valence-electron chi connectivity index (χ0n) is 11.0. The Hall–Kier alpha value is -2.42. The molecule has 1 aliphatic heterocycles. The van der Waals surface area contributed by atoms with E-state index in [-0.39, 0.29) is 12.4 Å². The SMILES string of the molecule is Cc1ccc(C2=C(c3ccccc3F)COC2=O)cc1. The third-order valence-electron chi connectivity index (χ3n) is 3.39. The van der Waals surface area contributed by atoms with Gasteiger partial charge in [-0.3, -0.25) is 0 Å². The molecule has 0 bridgehead atoms. The highest BCUT2D eigenvalue weighted by Crippen LogP contribution is 2.33. The van der Waals surface area contributed by atoms with Gasteiger partial charge in [0.15, 0.2) is 0 Å². The van der Waals surface area contributed by atoms with E-state index in [9.17, 15) is 9.18 Å². The maximum Gasteiger partial charge on any atom is 0.339 e. The van der Waals surface area contributed by atoms with Crippen LogP contribution in [0.1, 0.15) is 16.7 Å². The largest absolute Gasteiger partial charge is 0.457 e. The van der Waals surface area contributed by atoms with Crippen LogP contribution in [-0.4, -0.2) is 12.6 Å². The molecule has 100 valence electrons. The first kappa shape index (κ1) is 12.6. The van der Waals surface area contributed by atoms with Gasteiger partial charge in [-0.1, -0.05) is 48.0 Å². The van der Waals surface area contributed by atoms with Gasteiger partial charge in [-0.05, 0) is 18.6 Å². The fraction of sp³-hybridized carbons (Fsp3) is 0.118. The molecule has 1 aliphatic rings. The van der Waals surface area contributed by atoms with Crippen LogP contribution in [0.5, 0.6) is 0 Å². The van der Waals surface area contributed by atoms with Gasteiger partial charge in [0.05, 0.1) is 5.57 Å². The predicted octanol–water partition coefficient (Wildman–Crippen LogP) is 3.60. The summed E-state index contributed by atoms with van der Waals surface area (Å²) in [7, 11) is 0. The van der Waals surface area contributed by atoms with E-state index >= 15 is 0 Å². The minimum Gasteiger partial charge on any atom is -0.457 e. The number of cyclic esters (lactones) is 1. The molecule has 0 aliphatic carbocycles. The molecular formula is C17H13FO2. The van der Waals surface area contributed by atoms with Crippen LogP contribution in [-0.2, 0) is 9.53 Å². The number of halogens is 1. The van der Waals surface area contributed by atoms with Crippen molar-refractivity contribution in [1.82, 2.24) is 0 Å².